The van der Waals surface area contributed by atoms with E-state index in [2.05, 4.69) is 11.3 Å². The van der Waals surface area contributed by atoms with E-state index in [1.807, 2.05) is 0 Å². The van der Waals surface area contributed by atoms with Crippen LogP contribution >= 0.6 is 0 Å². The third-order valence-electron chi connectivity index (χ3n) is 3.98. The molecule has 0 aromatic heterocycles. The van der Waals surface area contributed by atoms with Crippen molar-refractivity contribution in [3.63, 3.8) is 0 Å². The van der Waals surface area contributed by atoms with Gasteiger partial charge in [-0.2, -0.15) is 0 Å². The molecule has 0 amide bonds. The maximum absolute atomic E-state index is 12.2. The average molecular weight is 488 g/mol. The summed E-state index contributed by atoms with van der Waals surface area (Å²) < 4.78 is 4.51. The van der Waals surface area contributed by atoms with E-state index in [1.54, 1.807) is 0 Å². The lowest BCUT2D eigenvalue weighted by molar-refractivity contribution is -0.132. The molecule has 2 aromatic carbocycles. The number of benzene rings is 2. The zero-order chi connectivity index (χ0) is 27.0. The van der Waals surface area contributed by atoms with Crippen molar-refractivity contribution in [2.24, 2.45) is 0 Å². The highest BCUT2D eigenvalue weighted by Gasteiger charge is 2.26. The summed E-state index contributed by atoms with van der Waals surface area (Å²) in [5, 5.41) is 44.0. The summed E-state index contributed by atoms with van der Waals surface area (Å²) in [5.41, 5.74) is -3.46. The zero-order valence-electron chi connectivity index (χ0n) is 17.7. The Labute approximate surface area is 195 Å². The van der Waals surface area contributed by atoms with E-state index in [0.717, 1.165) is 24.3 Å². The molecule has 0 aliphatic rings. The molecule has 2 rings (SSSR count). The van der Waals surface area contributed by atoms with Crippen molar-refractivity contribution >= 4 is 41.8 Å². The minimum absolute atomic E-state index is 0.176. The van der Waals surface area contributed by atoms with Gasteiger partial charge in [0.25, 0.3) is 0 Å². The molecule has 5 N–H and O–H groups in total. The van der Waals surface area contributed by atoms with Crippen LogP contribution in [0.25, 0.3) is 0 Å². The number of hydrogen-bond acceptors (Lipinski definition) is 8. The lowest BCUT2D eigenvalue weighted by Crippen LogP contribution is -2.19. The zero-order valence-corrected chi connectivity index (χ0v) is 17.7. The van der Waals surface area contributed by atoms with E-state index in [4.69, 9.17) is 25.5 Å². The Morgan fingerprint density at radius 1 is 0.600 bits per heavy atom. The lowest BCUT2D eigenvalue weighted by Gasteiger charge is -2.09. The first-order valence-corrected chi connectivity index (χ1v) is 9.03. The van der Waals surface area contributed by atoms with Gasteiger partial charge in [-0.05, 0) is 43.3 Å². The summed E-state index contributed by atoms with van der Waals surface area (Å²) in [6.07, 6.45) is 0. The van der Waals surface area contributed by atoms with E-state index in [0.29, 0.717) is 12.1 Å². The van der Waals surface area contributed by atoms with Crippen molar-refractivity contribution in [1.82, 2.24) is 0 Å². The number of carbonyl (C=O) groups excluding carboxylic acids is 2. The molecule has 2 aromatic rings. The number of carboxylic acid groups (broad SMARTS) is 5. The number of ether oxygens (including phenoxy) is 1. The Morgan fingerprint density at radius 3 is 1.14 bits per heavy atom. The van der Waals surface area contributed by atoms with Gasteiger partial charge in [0.15, 0.2) is 0 Å². The maximum Gasteiger partial charge on any atom is 0.346 e. The molecule has 0 saturated carbocycles. The molecule has 0 heterocycles. The molecule has 0 saturated heterocycles. The number of hydrogen-bond donors (Lipinski definition) is 5. The predicted octanol–water partition coefficient (Wildman–Crippen LogP) is 2.12. The van der Waals surface area contributed by atoms with Crippen LogP contribution in [0.1, 0.15) is 69.1 Å². The topological polar surface area (TPSA) is 230 Å². The van der Waals surface area contributed by atoms with Crippen LogP contribution < -0.4 is 0 Å². The van der Waals surface area contributed by atoms with Gasteiger partial charge < -0.3 is 30.3 Å². The van der Waals surface area contributed by atoms with E-state index in [-0.39, 0.29) is 5.57 Å². The third kappa shape index (κ3) is 7.35. The Hall–Kier alpha value is -5.33. The lowest BCUT2D eigenvalue weighted by atomic mass is 10.0. The molecule has 0 radical (unpaired) electrons. The monoisotopic (exact) mass is 488 g/mol. The molecule has 0 spiro atoms. The maximum atomic E-state index is 12.2. The van der Waals surface area contributed by atoms with Crippen LogP contribution in [0.2, 0.25) is 0 Å². The summed E-state index contributed by atoms with van der Waals surface area (Å²) in [7, 11) is 0. The van der Waals surface area contributed by atoms with E-state index < -0.39 is 75.2 Å². The fourth-order valence-corrected chi connectivity index (χ4v) is 2.26. The van der Waals surface area contributed by atoms with Crippen LogP contribution in [-0.4, -0.2) is 67.3 Å². The van der Waals surface area contributed by atoms with Crippen molar-refractivity contribution in [3.8, 4) is 0 Å². The molecule has 0 aliphatic heterocycles. The SMILES string of the molecule is C=C(C)C(=O)O.O=C(O)c1ccc(C(=O)OC(=O)c2ccc(C(=O)O)cc2C(=O)O)c(C(=O)O)c1. The van der Waals surface area contributed by atoms with Crippen LogP contribution in [0.3, 0.4) is 0 Å². The normalized spacial score (nSPS) is 9.63. The highest BCUT2D eigenvalue weighted by Crippen LogP contribution is 2.18. The minimum Gasteiger partial charge on any atom is -0.478 e. The quantitative estimate of drug-likeness (QED) is 0.214. The molecule has 182 valence electrons. The van der Waals surface area contributed by atoms with Gasteiger partial charge in [0, 0.05) is 5.57 Å². The number of rotatable bonds is 7. The van der Waals surface area contributed by atoms with Crippen molar-refractivity contribution in [3.05, 3.63) is 81.9 Å². The van der Waals surface area contributed by atoms with Crippen molar-refractivity contribution in [2.45, 2.75) is 6.92 Å². The molecule has 0 atom stereocenters. The van der Waals surface area contributed by atoms with Crippen LogP contribution in [0.4, 0.5) is 0 Å². The molecule has 35 heavy (non-hydrogen) atoms. The Kier molecular flexibility index (Phi) is 9.11. The first kappa shape index (κ1) is 27.7. The van der Waals surface area contributed by atoms with E-state index >= 15 is 0 Å². The Bertz CT molecular complexity index is 1170. The second-order valence-corrected chi connectivity index (χ2v) is 6.50. The van der Waals surface area contributed by atoms with Crippen LogP contribution in [0, 0.1) is 0 Å². The average Bonchev–Trinajstić information content (AvgIpc) is 2.78. The molecule has 0 aliphatic carbocycles. The minimum atomic E-state index is -1.66. The smallest absolute Gasteiger partial charge is 0.346 e. The first-order chi connectivity index (χ1) is 16.2. The standard InChI is InChI=1S/C18H10O11.C4H6O2/c19-13(20)7-1-3-9(11(5-7)15(23)24)17(27)29-18(28)10-4-2-8(14(21)22)6-12(10)16(25)26;1-3(2)4(5)6/h1-6H,(H,19,20)(H,21,22)(H,23,24)(H,25,26);1H2,2H3,(H,5,6). The van der Waals surface area contributed by atoms with Gasteiger partial charge in [0.05, 0.1) is 33.4 Å². The summed E-state index contributed by atoms with van der Waals surface area (Å²) in [6.45, 7) is 4.60. The number of aromatic carboxylic acids is 4. The van der Waals surface area contributed by atoms with Crippen LogP contribution in [0.15, 0.2) is 48.6 Å². The summed E-state index contributed by atoms with van der Waals surface area (Å²) in [6, 6.07) is 4.87. The molecule has 13 nitrogen and oxygen atoms in total. The van der Waals surface area contributed by atoms with Gasteiger partial charge in [-0.3, -0.25) is 0 Å². The van der Waals surface area contributed by atoms with Gasteiger partial charge in [0.1, 0.15) is 0 Å². The number of aliphatic carboxylic acids is 1. The second-order valence-electron chi connectivity index (χ2n) is 6.50. The van der Waals surface area contributed by atoms with Gasteiger partial charge in [-0.25, -0.2) is 33.6 Å². The highest BCUT2D eigenvalue weighted by atomic mass is 16.6. The molecule has 0 fully saturated rings. The van der Waals surface area contributed by atoms with Crippen molar-refractivity contribution in [1.29, 1.82) is 0 Å². The van der Waals surface area contributed by atoms with Gasteiger partial charge in [-0.1, -0.05) is 6.58 Å². The van der Waals surface area contributed by atoms with Crippen LogP contribution in [-0.2, 0) is 9.53 Å². The summed E-state index contributed by atoms with van der Waals surface area (Å²) >= 11 is 0. The molecular formula is C22H16O13. The fourth-order valence-electron chi connectivity index (χ4n) is 2.26. The first-order valence-electron chi connectivity index (χ1n) is 9.03. The van der Waals surface area contributed by atoms with Crippen molar-refractivity contribution in [2.75, 3.05) is 0 Å². The number of esters is 2. The van der Waals surface area contributed by atoms with E-state index in [9.17, 15) is 33.6 Å². The van der Waals surface area contributed by atoms with Crippen molar-refractivity contribution < 1.29 is 63.8 Å². The summed E-state index contributed by atoms with van der Waals surface area (Å²) in [5.74, 6) is -10.1. The molecule has 0 unspecified atom stereocenters. The largest absolute Gasteiger partial charge is 0.478 e. The third-order valence-corrected chi connectivity index (χ3v) is 3.98. The molecule has 0 bridgehead atoms. The predicted molar refractivity (Wildman–Crippen MR) is 113 cm³/mol. The second kappa shape index (κ2) is 11.5. The molecular weight excluding hydrogens is 472 g/mol. The summed E-state index contributed by atoms with van der Waals surface area (Å²) in [4.78, 5) is 78.4. The van der Waals surface area contributed by atoms with Crippen LogP contribution in [0.5, 0.6) is 0 Å². The van der Waals surface area contributed by atoms with Gasteiger partial charge in [-0.15, -0.1) is 0 Å². The van der Waals surface area contributed by atoms with Gasteiger partial charge in [0.2, 0.25) is 0 Å². The van der Waals surface area contributed by atoms with E-state index in [1.165, 1.54) is 6.92 Å². The number of carbonyl (C=O) groups is 7. The Morgan fingerprint density at radius 2 is 0.914 bits per heavy atom. The highest BCUT2D eigenvalue weighted by molar-refractivity contribution is 6.11. The number of carboxylic acids is 5. The molecule has 13 heteroatoms. The Balaban J connectivity index is 0.000000905. The van der Waals surface area contributed by atoms with Gasteiger partial charge >= 0.3 is 41.8 Å². The fraction of sp³-hybridized carbons (Fsp3) is 0.0455.